The Hall–Kier alpha value is -2.01. The van der Waals surface area contributed by atoms with E-state index in [0.717, 1.165) is 17.7 Å². The third kappa shape index (κ3) is 2.77. The van der Waals surface area contributed by atoms with Crippen LogP contribution in [0.2, 0.25) is 5.02 Å². The Morgan fingerprint density at radius 3 is 2.85 bits per heavy atom. The van der Waals surface area contributed by atoms with Gasteiger partial charge in [0.2, 0.25) is 5.88 Å². The molecule has 20 heavy (non-hydrogen) atoms. The molecule has 1 aromatic heterocycles. The van der Waals surface area contributed by atoms with E-state index in [9.17, 15) is 4.79 Å². The lowest BCUT2D eigenvalue weighted by atomic mass is 10.1. The van der Waals surface area contributed by atoms with E-state index in [4.69, 9.17) is 20.9 Å². The Morgan fingerprint density at radius 2 is 2.25 bits per heavy atom. The van der Waals surface area contributed by atoms with Gasteiger partial charge in [0.25, 0.3) is 5.91 Å². The van der Waals surface area contributed by atoms with Crippen molar-refractivity contribution in [3.05, 3.63) is 40.0 Å². The second-order valence-corrected chi connectivity index (χ2v) is 4.64. The van der Waals surface area contributed by atoms with Gasteiger partial charge in [0.15, 0.2) is 0 Å². The maximum atomic E-state index is 12.1. The number of benzene rings is 1. The highest BCUT2D eigenvalue weighted by molar-refractivity contribution is 6.32. The van der Waals surface area contributed by atoms with Crippen molar-refractivity contribution in [2.24, 2.45) is 0 Å². The van der Waals surface area contributed by atoms with E-state index in [0.29, 0.717) is 22.2 Å². The monoisotopic (exact) mass is 294 g/mol. The van der Waals surface area contributed by atoms with E-state index in [1.807, 2.05) is 13.8 Å². The fourth-order valence-electron chi connectivity index (χ4n) is 1.89. The van der Waals surface area contributed by atoms with Crippen LogP contribution in [0.25, 0.3) is 0 Å². The van der Waals surface area contributed by atoms with Crippen molar-refractivity contribution in [3.63, 3.8) is 0 Å². The maximum Gasteiger partial charge on any atom is 0.258 e. The fourth-order valence-corrected chi connectivity index (χ4v) is 2.14. The van der Waals surface area contributed by atoms with Gasteiger partial charge < -0.3 is 9.26 Å². The van der Waals surface area contributed by atoms with Gasteiger partial charge in [-0.1, -0.05) is 23.7 Å². The molecule has 0 saturated carbocycles. The maximum absolute atomic E-state index is 12.1. The number of halogens is 1. The first-order valence-electron chi connectivity index (χ1n) is 6.16. The van der Waals surface area contributed by atoms with Crippen LogP contribution >= 0.6 is 11.6 Å². The molecule has 6 heteroatoms. The number of anilines is 1. The van der Waals surface area contributed by atoms with Crippen molar-refractivity contribution in [2.45, 2.75) is 20.3 Å². The highest BCUT2D eigenvalue weighted by Crippen LogP contribution is 2.26. The van der Waals surface area contributed by atoms with Gasteiger partial charge in [0.1, 0.15) is 5.75 Å². The lowest BCUT2D eigenvalue weighted by Crippen LogP contribution is -2.12. The first-order valence-corrected chi connectivity index (χ1v) is 6.54. The molecule has 0 radical (unpaired) electrons. The molecule has 0 aliphatic heterocycles. The smallest absolute Gasteiger partial charge is 0.258 e. The first-order chi connectivity index (χ1) is 9.56. The van der Waals surface area contributed by atoms with Crippen LogP contribution in [0, 0.1) is 6.92 Å². The number of ether oxygens (including phenoxy) is 1. The van der Waals surface area contributed by atoms with Gasteiger partial charge in [0, 0.05) is 11.1 Å². The highest BCUT2D eigenvalue weighted by Gasteiger charge is 2.16. The number of hydrogen-bond acceptors (Lipinski definition) is 4. The van der Waals surface area contributed by atoms with Gasteiger partial charge in [-0.05, 0) is 31.5 Å². The zero-order valence-electron chi connectivity index (χ0n) is 11.5. The molecule has 0 aliphatic rings. The second kappa shape index (κ2) is 5.96. The fraction of sp³-hybridized carbons (Fsp3) is 0.286. The van der Waals surface area contributed by atoms with Crippen molar-refractivity contribution in [1.29, 1.82) is 0 Å². The number of carbonyl (C=O) groups is 1. The topological polar surface area (TPSA) is 64.4 Å². The number of aryl methyl sites for hydroxylation is 1. The highest BCUT2D eigenvalue weighted by atomic mass is 35.5. The number of aromatic nitrogens is 1. The number of rotatable bonds is 4. The third-order valence-corrected chi connectivity index (χ3v) is 3.27. The molecule has 0 atom stereocenters. The molecule has 1 aromatic carbocycles. The van der Waals surface area contributed by atoms with Crippen LogP contribution in [0.1, 0.15) is 28.5 Å². The van der Waals surface area contributed by atoms with Crippen molar-refractivity contribution < 1.29 is 14.1 Å². The Morgan fingerprint density at radius 1 is 1.50 bits per heavy atom. The average molecular weight is 295 g/mol. The molecule has 0 unspecified atom stereocenters. The van der Waals surface area contributed by atoms with Gasteiger partial charge in [-0.2, -0.15) is 0 Å². The summed E-state index contributed by atoms with van der Waals surface area (Å²) in [6.45, 7) is 3.81. The summed E-state index contributed by atoms with van der Waals surface area (Å²) in [4.78, 5) is 12.1. The molecule has 2 aromatic rings. The zero-order chi connectivity index (χ0) is 14.7. The Bertz CT molecular complexity index is 637. The summed E-state index contributed by atoms with van der Waals surface area (Å²) in [6.07, 6.45) is 0.730. The standard InChI is InChI=1S/C14H15ClN2O3/c1-4-10-8(2)17-20-14(10)16-13(18)9-5-6-12(19-3)11(15)7-9/h5-7H,4H2,1-3H3,(H,16,18). The molecule has 1 amide bonds. The van der Waals surface area contributed by atoms with E-state index in [1.54, 1.807) is 18.2 Å². The van der Waals surface area contributed by atoms with Crippen LogP contribution < -0.4 is 10.1 Å². The molecule has 0 aliphatic carbocycles. The number of methoxy groups -OCH3 is 1. The summed E-state index contributed by atoms with van der Waals surface area (Å²) < 4.78 is 10.2. The summed E-state index contributed by atoms with van der Waals surface area (Å²) in [7, 11) is 1.52. The van der Waals surface area contributed by atoms with Gasteiger partial charge in [-0.25, -0.2) is 0 Å². The van der Waals surface area contributed by atoms with Crippen LogP contribution in [0.3, 0.4) is 0 Å². The van der Waals surface area contributed by atoms with Crippen molar-refractivity contribution in [2.75, 3.05) is 12.4 Å². The SMILES string of the molecule is CCc1c(C)noc1NC(=O)c1ccc(OC)c(Cl)c1. The van der Waals surface area contributed by atoms with E-state index in [2.05, 4.69) is 10.5 Å². The lowest BCUT2D eigenvalue weighted by molar-refractivity contribution is 0.102. The summed E-state index contributed by atoms with van der Waals surface area (Å²) in [6, 6.07) is 4.82. The van der Waals surface area contributed by atoms with Gasteiger partial charge in [-0.15, -0.1) is 0 Å². The summed E-state index contributed by atoms with van der Waals surface area (Å²) in [5, 5.41) is 6.92. The van der Waals surface area contributed by atoms with Gasteiger partial charge in [0.05, 0.1) is 17.8 Å². The number of carbonyl (C=O) groups excluding carboxylic acids is 1. The minimum Gasteiger partial charge on any atom is -0.495 e. The average Bonchev–Trinajstić information content (AvgIpc) is 2.78. The minimum atomic E-state index is -0.305. The molecule has 0 spiro atoms. The van der Waals surface area contributed by atoms with E-state index in [-0.39, 0.29) is 5.91 Å². The number of hydrogen-bond donors (Lipinski definition) is 1. The molecule has 2 rings (SSSR count). The lowest BCUT2D eigenvalue weighted by Gasteiger charge is -2.06. The molecular formula is C14H15ClN2O3. The Kier molecular flexibility index (Phi) is 4.29. The van der Waals surface area contributed by atoms with E-state index in [1.165, 1.54) is 7.11 Å². The summed E-state index contributed by atoms with van der Waals surface area (Å²) in [5.41, 5.74) is 2.08. The molecule has 0 bridgehead atoms. The van der Waals surface area contributed by atoms with Crippen molar-refractivity contribution in [3.8, 4) is 5.75 Å². The quantitative estimate of drug-likeness (QED) is 0.938. The Balaban J connectivity index is 2.21. The Labute approximate surface area is 121 Å². The van der Waals surface area contributed by atoms with Crippen LogP contribution in [0.4, 0.5) is 5.88 Å². The second-order valence-electron chi connectivity index (χ2n) is 4.23. The molecular weight excluding hydrogens is 280 g/mol. The predicted molar refractivity (Wildman–Crippen MR) is 76.6 cm³/mol. The largest absolute Gasteiger partial charge is 0.495 e. The van der Waals surface area contributed by atoms with Crippen LogP contribution in [0.5, 0.6) is 5.75 Å². The molecule has 1 heterocycles. The molecule has 1 N–H and O–H groups in total. The van der Waals surface area contributed by atoms with E-state index < -0.39 is 0 Å². The molecule has 0 saturated heterocycles. The summed E-state index contributed by atoms with van der Waals surface area (Å²) in [5.74, 6) is 0.593. The number of nitrogens with zero attached hydrogens (tertiary/aromatic N) is 1. The zero-order valence-corrected chi connectivity index (χ0v) is 12.2. The molecule has 106 valence electrons. The molecule has 5 nitrogen and oxygen atoms in total. The van der Waals surface area contributed by atoms with Crippen LogP contribution in [-0.2, 0) is 6.42 Å². The van der Waals surface area contributed by atoms with Gasteiger partial charge in [-0.3, -0.25) is 10.1 Å². The third-order valence-electron chi connectivity index (χ3n) is 2.98. The van der Waals surface area contributed by atoms with Crippen LogP contribution in [0.15, 0.2) is 22.7 Å². The van der Waals surface area contributed by atoms with Crippen LogP contribution in [-0.4, -0.2) is 18.2 Å². The normalized spacial score (nSPS) is 10.4. The molecule has 0 fully saturated rings. The van der Waals surface area contributed by atoms with Gasteiger partial charge >= 0.3 is 0 Å². The van der Waals surface area contributed by atoms with Crippen molar-refractivity contribution in [1.82, 2.24) is 5.16 Å². The predicted octanol–water partition coefficient (Wildman–Crippen LogP) is 3.46. The van der Waals surface area contributed by atoms with Crippen molar-refractivity contribution >= 4 is 23.4 Å². The first kappa shape index (κ1) is 14.4. The summed E-state index contributed by atoms with van der Waals surface area (Å²) >= 11 is 6.00. The number of amides is 1. The number of nitrogens with one attached hydrogen (secondary N) is 1. The van der Waals surface area contributed by atoms with E-state index >= 15 is 0 Å². The minimum absolute atomic E-state index is 0.305.